The number of nitrogens with one attached hydrogen (secondary N) is 1. The average Bonchev–Trinajstić information content (AvgIpc) is 2.47. The van der Waals surface area contributed by atoms with E-state index in [1.165, 1.54) is 6.07 Å². The molecule has 114 valence electrons. The van der Waals surface area contributed by atoms with Crippen molar-refractivity contribution >= 4 is 17.3 Å². The minimum Gasteiger partial charge on any atom is -0.369 e. The molecule has 1 atom stereocenters. The van der Waals surface area contributed by atoms with Gasteiger partial charge in [-0.15, -0.1) is 0 Å². The van der Waals surface area contributed by atoms with Crippen LogP contribution in [0, 0.1) is 17.0 Å². The van der Waals surface area contributed by atoms with Crippen molar-refractivity contribution in [2.45, 2.75) is 39.2 Å². The van der Waals surface area contributed by atoms with Crippen LogP contribution in [0.1, 0.15) is 31.7 Å². The monoisotopic (exact) mass is 291 g/mol. The van der Waals surface area contributed by atoms with Gasteiger partial charge in [0.15, 0.2) is 0 Å². The molecule has 1 aliphatic rings. The third-order valence-corrected chi connectivity index (χ3v) is 3.84. The molecule has 0 spiro atoms. The lowest BCUT2D eigenvalue weighted by Crippen LogP contribution is -2.47. The van der Waals surface area contributed by atoms with Gasteiger partial charge in [-0.05, 0) is 31.4 Å². The summed E-state index contributed by atoms with van der Waals surface area (Å²) in [6.45, 7) is 5.40. The molecule has 0 bridgehead atoms. The van der Waals surface area contributed by atoms with E-state index in [1.807, 2.05) is 13.8 Å². The first-order valence-corrected chi connectivity index (χ1v) is 7.30. The Bertz CT molecular complexity index is 545. The quantitative estimate of drug-likeness (QED) is 0.682. The molecule has 0 unspecified atom stereocenters. The number of carbonyl (C=O) groups is 1. The van der Waals surface area contributed by atoms with Crippen molar-refractivity contribution in [2.24, 2.45) is 0 Å². The summed E-state index contributed by atoms with van der Waals surface area (Å²) in [5.41, 5.74) is 2.02. The number of nitrogens with zero attached hydrogens (tertiary/aromatic N) is 2. The summed E-state index contributed by atoms with van der Waals surface area (Å²) in [6.07, 6.45) is 2.48. The maximum Gasteiger partial charge on any atom is 0.269 e. The first-order valence-electron chi connectivity index (χ1n) is 7.30. The highest BCUT2D eigenvalue weighted by Crippen LogP contribution is 2.27. The maximum atomic E-state index is 11.5. The van der Waals surface area contributed by atoms with Crippen LogP contribution in [-0.4, -0.2) is 30.0 Å². The van der Waals surface area contributed by atoms with E-state index in [0.717, 1.165) is 37.2 Å². The SMILES string of the molecule is CCC(=O)N[C@@H]1CCCN(c2ccc([N+](=O)[O-])cc2C)C1. The Balaban J connectivity index is 2.10. The lowest BCUT2D eigenvalue weighted by atomic mass is 10.0. The van der Waals surface area contributed by atoms with Crippen LogP contribution in [-0.2, 0) is 4.79 Å². The molecule has 1 amide bonds. The number of piperidine rings is 1. The number of nitro groups is 1. The van der Waals surface area contributed by atoms with Crippen molar-refractivity contribution in [3.8, 4) is 0 Å². The molecule has 2 rings (SSSR count). The Kier molecular flexibility index (Phi) is 4.77. The van der Waals surface area contributed by atoms with Crippen molar-refractivity contribution in [1.82, 2.24) is 5.32 Å². The molecule has 6 heteroatoms. The summed E-state index contributed by atoms with van der Waals surface area (Å²) in [6, 6.07) is 5.10. The second kappa shape index (κ2) is 6.56. The van der Waals surface area contributed by atoms with Gasteiger partial charge >= 0.3 is 0 Å². The fraction of sp³-hybridized carbons (Fsp3) is 0.533. The van der Waals surface area contributed by atoms with Crippen molar-refractivity contribution in [1.29, 1.82) is 0 Å². The van der Waals surface area contributed by atoms with Crippen LogP contribution >= 0.6 is 0 Å². The van der Waals surface area contributed by atoms with E-state index < -0.39 is 0 Å². The van der Waals surface area contributed by atoms with E-state index in [4.69, 9.17) is 0 Å². The Labute approximate surface area is 124 Å². The van der Waals surface area contributed by atoms with Gasteiger partial charge in [-0.1, -0.05) is 6.92 Å². The molecule has 1 fully saturated rings. The van der Waals surface area contributed by atoms with E-state index in [2.05, 4.69) is 10.2 Å². The third kappa shape index (κ3) is 3.71. The summed E-state index contributed by atoms with van der Waals surface area (Å²) in [5.74, 6) is 0.0715. The average molecular weight is 291 g/mol. The van der Waals surface area contributed by atoms with Gasteiger partial charge in [0.05, 0.1) is 4.92 Å². The first-order chi connectivity index (χ1) is 10.0. The van der Waals surface area contributed by atoms with Gasteiger partial charge in [-0.25, -0.2) is 0 Å². The van der Waals surface area contributed by atoms with E-state index in [1.54, 1.807) is 12.1 Å². The van der Waals surface area contributed by atoms with Gasteiger partial charge in [0.1, 0.15) is 0 Å². The van der Waals surface area contributed by atoms with E-state index >= 15 is 0 Å². The summed E-state index contributed by atoms with van der Waals surface area (Å²) in [7, 11) is 0. The van der Waals surface area contributed by atoms with Crippen molar-refractivity contribution < 1.29 is 9.72 Å². The van der Waals surface area contributed by atoms with Crippen LogP contribution < -0.4 is 10.2 Å². The second-order valence-corrected chi connectivity index (χ2v) is 5.43. The highest BCUT2D eigenvalue weighted by Gasteiger charge is 2.22. The van der Waals surface area contributed by atoms with Crippen molar-refractivity contribution in [2.75, 3.05) is 18.0 Å². The Morgan fingerprint density at radius 2 is 2.29 bits per heavy atom. The number of aryl methyl sites for hydroxylation is 1. The number of carbonyl (C=O) groups excluding carboxylic acids is 1. The minimum absolute atomic E-state index is 0.0715. The Hall–Kier alpha value is -2.11. The van der Waals surface area contributed by atoms with Gasteiger partial charge in [0, 0.05) is 43.4 Å². The molecule has 0 radical (unpaired) electrons. The number of hydrogen-bond acceptors (Lipinski definition) is 4. The Morgan fingerprint density at radius 3 is 2.90 bits per heavy atom. The lowest BCUT2D eigenvalue weighted by molar-refractivity contribution is -0.384. The number of hydrogen-bond donors (Lipinski definition) is 1. The van der Waals surface area contributed by atoms with Crippen LogP contribution in [0.2, 0.25) is 0 Å². The maximum absolute atomic E-state index is 11.5. The smallest absolute Gasteiger partial charge is 0.269 e. The van der Waals surface area contributed by atoms with Gasteiger partial charge in [-0.2, -0.15) is 0 Å². The molecule has 21 heavy (non-hydrogen) atoms. The molecule has 0 aliphatic carbocycles. The third-order valence-electron chi connectivity index (χ3n) is 3.84. The topological polar surface area (TPSA) is 75.5 Å². The molecule has 6 nitrogen and oxygen atoms in total. The van der Waals surface area contributed by atoms with Crippen molar-refractivity contribution in [3.05, 3.63) is 33.9 Å². The fourth-order valence-electron chi connectivity index (χ4n) is 2.75. The van der Waals surface area contributed by atoms with E-state index in [0.29, 0.717) is 6.42 Å². The molecular formula is C15H21N3O3. The highest BCUT2D eigenvalue weighted by molar-refractivity contribution is 5.76. The number of nitro benzene ring substituents is 1. The predicted octanol–water partition coefficient (Wildman–Crippen LogP) is 2.40. The molecule has 0 saturated carbocycles. The predicted molar refractivity (Wildman–Crippen MR) is 81.5 cm³/mol. The van der Waals surface area contributed by atoms with Crippen LogP contribution in [0.5, 0.6) is 0 Å². The van der Waals surface area contributed by atoms with Crippen LogP contribution in [0.25, 0.3) is 0 Å². The number of anilines is 1. The summed E-state index contributed by atoms with van der Waals surface area (Å²) in [5, 5.41) is 13.8. The molecular weight excluding hydrogens is 270 g/mol. The van der Waals surface area contributed by atoms with Crippen LogP contribution in [0.15, 0.2) is 18.2 Å². The van der Waals surface area contributed by atoms with Gasteiger partial charge in [0.2, 0.25) is 5.91 Å². The summed E-state index contributed by atoms with van der Waals surface area (Å²) >= 11 is 0. The zero-order valence-corrected chi connectivity index (χ0v) is 12.5. The number of amides is 1. The molecule has 1 N–H and O–H groups in total. The first kappa shape index (κ1) is 15.3. The molecule has 0 aromatic heterocycles. The van der Waals surface area contributed by atoms with E-state index in [-0.39, 0.29) is 22.6 Å². The number of non-ortho nitro benzene ring substituents is 1. The van der Waals surface area contributed by atoms with Crippen LogP contribution in [0.3, 0.4) is 0 Å². The van der Waals surface area contributed by atoms with Gasteiger partial charge in [0.25, 0.3) is 5.69 Å². The lowest BCUT2D eigenvalue weighted by Gasteiger charge is -2.35. The second-order valence-electron chi connectivity index (χ2n) is 5.43. The van der Waals surface area contributed by atoms with Crippen molar-refractivity contribution in [3.63, 3.8) is 0 Å². The number of benzene rings is 1. The van der Waals surface area contributed by atoms with Crippen LogP contribution in [0.4, 0.5) is 11.4 Å². The summed E-state index contributed by atoms with van der Waals surface area (Å²) in [4.78, 5) is 24.1. The summed E-state index contributed by atoms with van der Waals surface area (Å²) < 4.78 is 0. The zero-order valence-electron chi connectivity index (χ0n) is 12.5. The minimum atomic E-state index is -0.378. The molecule has 1 aromatic rings. The molecule has 1 heterocycles. The largest absolute Gasteiger partial charge is 0.369 e. The molecule has 1 saturated heterocycles. The van der Waals surface area contributed by atoms with E-state index in [9.17, 15) is 14.9 Å². The normalized spacial score (nSPS) is 18.4. The highest BCUT2D eigenvalue weighted by atomic mass is 16.6. The fourth-order valence-corrected chi connectivity index (χ4v) is 2.75. The Morgan fingerprint density at radius 1 is 1.52 bits per heavy atom. The van der Waals surface area contributed by atoms with Gasteiger partial charge in [-0.3, -0.25) is 14.9 Å². The molecule has 1 aromatic carbocycles. The standard InChI is InChI=1S/C15H21N3O3/c1-3-15(19)16-12-5-4-8-17(10-12)14-7-6-13(18(20)21)9-11(14)2/h6-7,9,12H,3-5,8,10H2,1-2H3,(H,16,19)/t12-/m1/s1. The van der Waals surface area contributed by atoms with Gasteiger partial charge < -0.3 is 10.2 Å². The molecule has 1 aliphatic heterocycles. The number of rotatable bonds is 4. The zero-order chi connectivity index (χ0) is 15.4.